The van der Waals surface area contributed by atoms with Gasteiger partial charge in [0, 0.05) is 18.2 Å². The topological polar surface area (TPSA) is 20.3 Å². The van der Waals surface area contributed by atoms with Gasteiger partial charge in [-0.05, 0) is 25.7 Å². The Labute approximate surface area is 80.6 Å². The molecule has 1 fully saturated rings. The summed E-state index contributed by atoms with van der Waals surface area (Å²) in [5.41, 5.74) is 0.660. The molecule has 0 aliphatic carbocycles. The molecule has 2 nitrogen and oxygen atoms in total. The van der Waals surface area contributed by atoms with Gasteiger partial charge in [0.2, 0.25) is 5.91 Å². The van der Waals surface area contributed by atoms with Crippen molar-refractivity contribution in [3.05, 3.63) is 12.2 Å². The zero-order chi connectivity index (χ0) is 10.0. The fourth-order valence-electron chi connectivity index (χ4n) is 1.98. The number of carbonyl (C=O) groups excluding carboxylic acids is 1. The summed E-state index contributed by atoms with van der Waals surface area (Å²) >= 11 is 0. The minimum Gasteiger partial charge on any atom is -0.336 e. The fraction of sp³-hybridized carbons (Fsp3) is 0.727. The third kappa shape index (κ3) is 2.11. The van der Waals surface area contributed by atoms with Crippen LogP contribution in [0.2, 0.25) is 0 Å². The highest BCUT2D eigenvalue weighted by Crippen LogP contribution is 2.24. The predicted molar refractivity (Wildman–Crippen MR) is 54.4 cm³/mol. The zero-order valence-electron chi connectivity index (χ0n) is 8.84. The Morgan fingerprint density at radius 2 is 2.15 bits per heavy atom. The first-order valence-corrected chi connectivity index (χ1v) is 5.00. The molecular weight excluding hydrogens is 162 g/mol. The Bertz CT molecular complexity index is 220. The van der Waals surface area contributed by atoms with Crippen molar-refractivity contribution in [3.63, 3.8) is 0 Å². The van der Waals surface area contributed by atoms with Crippen LogP contribution in [-0.2, 0) is 4.79 Å². The first-order valence-electron chi connectivity index (χ1n) is 5.00. The fourth-order valence-corrected chi connectivity index (χ4v) is 1.98. The van der Waals surface area contributed by atoms with E-state index >= 15 is 0 Å². The second kappa shape index (κ2) is 3.95. The van der Waals surface area contributed by atoms with E-state index in [0.29, 0.717) is 17.5 Å². The summed E-state index contributed by atoms with van der Waals surface area (Å²) in [4.78, 5) is 13.7. The Balaban J connectivity index is 2.68. The molecule has 0 N–H and O–H groups in total. The summed E-state index contributed by atoms with van der Waals surface area (Å²) in [6, 6.07) is 0.434. The van der Waals surface area contributed by atoms with E-state index in [4.69, 9.17) is 0 Å². The van der Waals surface area contributed by atoms with E-state index in [1.54, 1.807) is 6.92 Å². The molecule has 0 saturated carbocycles. The normalized spacial score (nSPS) is 22.5. The van der Waals surface area contributed by atoms with Crippen LogP contribution in [0, 0.1) is 5.92 Å². The lowest BCUT2D eigenvalue weighted by Crippen LogP contribution is -2.38. The number of hydrogen-bond donors (Lipinski definition) is 0. The number of likely N-dealkylation sites (tertiary alicyclic amines) is 1. The van der Waals surface area contributed by atoms with E-state index in [0.717, 1.165) is 19.4 Å². The molecule has 1 aliphatic rings. The third-order valence-corrected chi connectivity index (χ3v) is 2.69. The summed E-state index contributed by atoms with van der Waals surface area (Å²) < 4.78 is 0. The highest BCUT2D eigenvalue weighted by Gasteiger charge is 2.30. The summed E-state index contributed by atoms with van der Waals surface area (Å²) in [6.45, 7) is 10.8. The van der Waals surface area contributed by atoms with Crippen LogP contribution in [0.4, 0.5) is 0 Å². The Morgan fingerprint density at radius 3 is 2.62 bits per heavy atom. The molecule has 1 unspecified atom stereocenters. The van der Waals surface area contributed by atoms with Crippen molar-refractivity contribution in [3.8, 4) is 0 Å². The third-order valence-electron chi connectivity index (χ3n) is 2.69. The van der Waals surface area contributed by atoms with Gasteiger partial charge < -0.3 is 4.90 Å². The summed E-state index contributed by atoms with van der Waals surface area (Å²) in [7, 11) is 0. The molecule has 0 spiro atoms. The molecule has 0 bridgehead atoms. The number of carbonyl (C=O) groups is 1. The van der Waals surface area contributed by atoms with Gasteiger partial charge in [-0.2, -0.15) is 0 Å². The lowest BCUT2D eigenvalue weighted by molar-refractivity contribution is -0.128. The molecule has 1 saturated heterocycles. The van der Waals surface area contributed by atoms with Crippen molar-refractivity contribution < 1.29 is 4.79 Å². The van der Waals surface area contributed by atoms with Crippen LogP contribution in [0.5, 0.6) is 0 Å². The van der Waals surface area contributed by atoms with Crippen LogP contribution in [-0.4, -0.2) is 23.4 Å². The van der Waals surface area contributed by atoms with Gasteiger partial charge in [-0.25, -0.2) is 0 Å². The number of hydrogen-bond acceptors (Lipinski definition) is 1. The largest absolute Gasteiger partial charge is 0.336 e. The predicted octanol–water partition coefficient (Wildman–Crippen LogP) is 2.21. The van der Waals surface area contributed by atoms with Gasteiger partial charge in [0.05, 0.1) is 0 Å². The quantitative estimate of drug-likeness (QED) is 0.598. The maximum atomic E-state index is 11.7. The minimum absolute atomic E-state index is 0.135. The smallest absolute Gasteiger partial charge is 0.249 e. The van der Waals surface area contributed by atoms with Gasteiger partial charge >= 0.3 is 0 Å². The highest BCUT2D eigenvalue weighted by molar-refractivity contribution is 5.92. The first kappa shape index (κ1) is 10.3. The second-order valence-corrected chi connectivity index (χ2v) is 4.23. The Kier molecular flexibility index (Phi) is 3.12. The van der Waals surface area contributed by atoms with E-state index in [1.165, 1.54) is 0 Å². The van der Waals surface area contributed by atoms with Gasteiger partial charge in [0.15, 0.2) is 0 Å². The van der Waals surface area contributed by atoms with Crippen LogP contribution in [0.3, 0.4) is 0 Å². The van der Waals surface area contributed by atoms with Crippen LogP contribution < -0.4 is 0 Å². The molecule has 2 heteroatoms. The summed E-state index contributed by atoms with van der Waals surface area (Å²) in [6.07, 6.45) is 2.29. The molecule has 0 aromatic rings. The standard InChI is InChI=1S/C11H19NO/c1-8(2)10-6-5-7-12(10)11(13)9(3)4/h8,10H,3,5-7H2,1-2,4H3. The Morgan fingerprint density at radius 1 is 1.54 bits per heavy atom. The van der Waals surface area contributed by atoms with Crippen LogP contribution in [0.15, 0.2) is 12.2 Å². The van der Waals surface area contributed by atoms with Crippen LogP contribution in [0.25, 0.3) is 0 Å². The van der Waals surface area contributed by atoms with Gasteiger partial charge in [-0.1, -0.05) is 20.4 Å². The summed E-state index contributed by atoms with van der Waals surface area (Å²) in [5, 5.41) is 0. The van der Waals surface area contributed by atoms with Crippen molar-refractivity contribution in [2.24, 2.45) is 5.92 Å². The van der Waals surface area contributed by atoms with Gasteiger partial charge in [-0.15, -0.1) is 0 Å². The first-order chi connectivity index (χ1) is 6.04. The van der Waals surface area contributed by atoms with Crippen molar-refractivity contribution in [2.45, 2.75) is 39.7 Å². The molecule has 1 heterocycles. The van der Waals surface area contributed by atoms with Gasteiger partial charge in [0.1, 0.15) is 0 Å². The lowest BCUT2D eigenvalue weighted by atomic mass is 10.0. The van der Waals surface area contributed by atoms with Crippen LogP contribution >= 0.6 is 0 Å². The van der Waals surface area contributed by atoms with E-state index in [1.807, 2.05) is 4.90 Å². The van der Waals surface area contributed by atoms with E-state index in [-0.39, 0.29) is 5.91 Å². The van der Waals surface area contributed by atoms with Crippen molar-refractivity contribution in [2.75, 3.05) is 6.54 Å². The average Bonchev–Trinajstić information content (AvgIpc) is 2.50. The van der Waals surface area contributed by atoms with Crippen molar-refractivity contribution in [1.29, 1.82) is 0 Å². The van der Waals surface area contributed by atoms with Gasteiger partial charge in [-0.3, -0.25) is 4.79 Å². The maximum absolute atomic E-state index is 11.7. The van der Waals surface area contributed by atoms with Crippen molar-refractivity contribution >= 4 is 5.91 Å². The lowest BCUT2D eigenvalue weighted by Gasteiger charge is -2.27. The Hall–Kier alpha value is -0.790. The molecule has 1 atom stereocenters. The molecule has 0 aromatic heterocycles. The molecule has 1 rings (SSSR count). The molecule has 74 valence electrons. The van der Waals surface area contributed by atoms with E-state index in [9.17, 15) is 4.79 Å². The SMILES string of the molecule is C=C(C)C(=O)N1CCCC1C(C)C. The average molecular weight is 181 g/mol. The molecule has 1 aliphatic heterocycles. The second-order valence-electron chi connectivity index (χ2n) is 4.23. The number of amides is 1. The minimum atomic E-state index is 0.135. The summed E-state index contributed by atoms with van der Waals surface area (Å²) in [5.74, 6) is 0.696. The van der Waals surface area contributed by atoms with Crippen molar-refractivity contribution in [1.82, 2.24) is 4.90 Å². The maximum Gasteiger partial charge on any atom is 0.249 e. The van der Waals surface area contributed by atoms with E-state index in [2.05, 4.69) is 20.4 Å². The van der Waals surface area contributed by atoms with Crippen LogP contribution in [0.1, 0.15) is 33.6 Å². The van der Waals surface area contributed by atoms with Gasteiger partial charge in [0.25, 0.3) is 0 Å². The molecule has 0 radical (unpaired) electrons. The highest BCUT2D eigenvalue weighted by atomic mass is 16.2. The monoisotopic (exact) mass is 181 g/mol. The molecular formula is C11H19NO. The molecule has 1 amide bonds. The molecule has 0 aromatic carbocycles. The zero-order valence-corrected chi connectivity index (χ0v) is 8.84. The molecule has 13 heavy (non-hydrogen) atoms. The van der Waals surface area contributed by atoms with E-state index < -0.39 is 0 Å². The number of nitrogens with zero attached hydrogens (tertiary/aromatic N) is 1. The number of rotatable bonds is 2.